The lowest BCUT2D eigenvalue weighted by Crippen LogP contribution is -2.62. The normalized spacial score (nSPS) is 19.0. The van der Waals surface area contributed by atoms with Gasteiger partial charge < -0.3 is 25.4 Å². The van der Waals surface area contributed by atoms with E-state index in [9.17, 15) is 14.7 Å². The lowest BCUT2D eigenvalue weighted by atomic mass is 9.78. The number of aliphatic hydroxyl groups is 1. The van der Waals surface area contributed by atoms with E-state index in [-0.39, 0.29) is 24.3 Å². The molecule has 1 saturated carbocycles. The summed E-state index contributed by atoms with van der Waals surface area (Å²) in [6, 6.07) is 5.80. The predicted octanol–water partition coefficient (Wildman–Crippen LogP) is 5.13. The van der Waals surface area contributed by atoms with E-state index in [1.54, 1.807) is 11.3 Å². The van der Waals surface area contributed by atoms with Gasteiger partial charge in [0, 0.05) is 35.8 Å². The van der Waals surface area contributed by atoms with E-state index in [0.29, 0.717) is 31.7 Å². The Kier molecular flexibility index (Phi) is 8.92. The van der Waals surface area contributed by atoms with E-state index >= 15 is 0 Å². The van der Waals surface area contributed by atoms with Gasteiger partial charge in [-0.25, -0.2) is 14.8 Å². The molecule has 3 N–H and O–H groups in total. The summed E-state index contributed by atoms with van der Waals surface area (Å²) in [7, 11) is 0. The largest absolute Gasteiger partial charge is 0.444 e. The Morgan fingerprint density at radius 2 is 1.92 bits per heavy atom. The van der Waals surface area contributed by atoms with E-state index in [1.807, 2.05) is 57.0 Å². The van der Waals surface area contributed by atoms with Gasteiger partial charge in [-0.2, -0.15) is 0 Å². The van der Waals surface area contributed by atoms with Gasteiger partial charge in [-0.3, -0.25) is 4.79 Å². The second kappa shape index (κ2) is 12.0. The van der Waals surface area contributed by atoms with Gasteiger partial charge in [0.1, 0.15) is 17.0 Å². The van der Waals surface area contributed by atoms with Gasteiger partial charge in [-0.05, 0) is 71.4 Å². The maximum absolute atomic E-state index is 13.8. The molecule has 1 unspecified atom stereocenters. The number of thiazole rings is 1. The first kappa shape index (κ1) is 28.3. The molecule has 9 nitrogen and oxygen atoms in total. The summed E-state index contributed by atoms with van der Waals surface area (Å²) in [5.74, 6) is 0.783. The molecular weight excluding hydrogens is 502 g/mol. The van der Waals surface area contributed by atoms with Crippen LogP contribution in [0.15, 0.2) is 24.4 Å². The molecule has 0 bridgehead atoms. The van der Waals surface area contributed by atoms with E-state index in [2.05, 4.69) is 15.6 Å². The second-order valence-corrected chi connectivity index (χ2v) is 12.8. The number of alkyl carbamates (subject to hydrolysis) is 1. The molecular formula is C28H41N5O4S. The van der Waals surface area contributed by atoms with E-state index < -0.39 is 17.2 Å². The third-order valence-electron chi connectivity index (χ3n) is 7.46. The lowest BCUT2D eigenvalue weighted by molar-refractivity contribution is -0.141. The number of hydrogen-bond donors (Lipinski definition) is 3. The first-order valence-corrected chi connectivity index (χ1v) is 14.5. The predicted molar refractivity (Wildman–Crippen MR) is 149 cm³/mol. The van der Waals surface area contributed by atoms with Crippen molar-refractivity contribution in [2.45, 2.75) is 89.7 Å². The highest BCUT2D eigenvalue weighted by molar-refractivity contribution is 7.15. The van der Waals surface area contributed by atoms with E-state index in [4.69, 9.17) is 9.72 Å². The molecule has 2 aliphatic rings. The van der Waals surface area contributed by atoms with Gasteiger partial charge in [0.05, 0.1) is 6.61 Å². The number of carbonyl (C=O) groups is 2. The Labute approximate surface area is 229 Å². The number of likely N-dealkylation sites (tertiary alicyclic amines) is 1. The lowest BCUT2D eigenvalue weighted by Gasteiger charge is -2.43. The van der Waals surface area contributed by atoms with Crippen LogP contribution in [0, 0.1) is 12.8 Å². The molecule has 4 rings (SSSR count). The van der Waals surface area contributed by atoms with Crippen LogP contribution >= 0.6 is 11.3 Å². The molecule has 1 atom stereocenters. The smallest absolute Gasteiger partial charge is 0.408 e. The van der Waals surface area contributed by atoms with Crippen molar-refractivity contribution in [3.05, 3.63) is 35.0 Å². The summed E-state index contributed by atoms with van der Waals surface area (Å²) >= 11 is 1.57. The van der Waals surface area contributed by atoms with Crippen molar-refractivity contribution in [2.24, 2.45) is 5.92 Å². The van der Waals surface area contributed by atoms with Gasteiger partial charge in [0.25, 0.3) is 0 Å². The summed E-state index contributed by atoms with van der Waals surface area (Å²) in [6.45, 7) is 8.66. The zero-order valence-corrected chi connectivity index (χ0v) is 23.8. The third kappa shape index (κ3) is 7.02. The number of aliphatic hydroxyl groups excluding tert-OH is 1. The van der Waals surface area contributed by atoms with Crippen molar-refractivity contribution in [3.63, 3.8) is 0 Å². The monoisotopic (exact) mass is 543 g/mol. The standard InChI is InChI=1S/C28H41N5O4S/c1-19-17-29-25(38-19)31-23-10-8-9-22(30-23)21(18-34)20-11-15-33(16-12-20)24(35)28(13-6-5-7-14-28)32-26(36)37-27(2,3)4/h8-10,17,20-21,34H,5-7,11-16,18H2,1-4H3,(H,32,36)(H,29,30,31). The van der Waals surface area contributed by atoms with Crippen LogP contribution in [-0.4, -0.2) is 62.8 Å². The minimum absolute atomic E-state index is 0.00440. The van der Waals surface area contributed by atoms with E-state index in [0.717, 1.165) is 47.8 Å². The fourth-order valence-electron chi connectivity index (χ4n) is 5.59. The maximum Gasteiger partial charge on any atom is 0.408 e. The zero-order valence-electron chi connectivity index (χ0n) is 23.0. The molecule has 2 fully saturated rings. The minimum atomic E-state index is -0.903. The van der Waals surface area contributed by atoms with Crippen molar-refractivity contribution in [1.82, 2.24) is 20.2 Å². The number of piperidine rings is 1. The van der Waals surface area contributed by atoms with Crippen molar-refractivity contribution in [3.8, 4) is 0 Å². The molecule has 0 spiro atoms. The van der Waals surface area contributed by atoms with Crippen LogP contribution in [0.2, 0.25) is 0 Å². The molecule has 1 saturated heterocycles. The molecule has 10 heteroatoms. The Morgan fingerprint density at radius 3 is 2.53 bits per heavy atom. The zero-order chi connectivity index (χ0) is 27.3. The molecule has 3 heterocycles. The number of aromatic nitrogens is 2. The van der Waals surface area contributed by atoms with Crippen LogP contribution in [0.3, 0.4) is 0 Å². The molecule has 2 aromatic heterocycles. The fourth-order valence-corrected chi connectivity index (χ4v) is 6.26. The summed E-state index contributed by atoms with van der Waals surface area (Å²) < 4.78 is 5.50. The number of hydrogen-bond acceptors (Lipinski definition) is 8. The summed E-state index contributed by atoms with van der Waals surface area (Å²) in [5.41, 5.74) is -0.689. The number of rotatable bonds is 7. The number of nitrogens with one attached hydrogen (secondary N) is 2. The van der Waals surface area contributed by atoms with Gasteiger partial charge >= 0.3 is 6.09 Å². The SMILES string of the molecule is Cc1cnc(Nc2cccc(C(CO)C3CCN(C(=O)C4(NC(=O)OC(C)(C)C)CCCCC4)CC3)n2)s1. The van der Waals surface area contributed by atoms with Crippen molar-refractivity contribution in [2.75, 3.05) is 25.0 Å². The van der Waals surface area contributed by atoms with Crippen LogP contribution in [0.1, 0.15) is 82.2 Å². The quantitative estimate of drug-likeness (QED) is 0.443. The summed E-state index contributed by atoms with van der Waals surface area (Å²) in [4.78, 5) is 38.6. The molecule has 38 heavy (non-hydrogen) atoms. The highest BCUT2D eigenvalue weighted by Crippen LogP contribution is 2.36. The maximum atomic E-state index is 13.8. The van der Waals surface area contributed by atoms with Gasteiger partial charge in [-0.15, -0.1) is 11.3 Å². The van der Waals surface area contributed by atoms with Gasteiger partial charge in [0.2, 0.25) is 5.91 Å². The van der Waals surface area contributed by atoms with Crippen LogP contribution in [0.5, 0.6) is 0 Å². The minimum Gasteiger partial charge on any atom is -0.444 e. The topological polar surface area (TPSA) is 117 Å². The van der Waals surface area contributed by atoms with E-state index in [1.165, 1.54) is 0 Å². The second-order valence-electron chi connectivity index (χ2n) is 11.5. The molecule has 0 aromatic carbocycles. The van der Waals surface area contributed by atoms with Gasteiger partial charge in [0.15, 0.2) is 5.13 Å². The average Bonchev–Trinajstić information content (AvgIpc) is 3.28. The highest BCUT2D eigenvalue weighted by atomic mass is 32.1. The number of ether oxygens (including phenoxy) is 1. The number of nitrogens with zero attached hydrogens (tertiary/aromatic N) is 3. The number of amides is 2. The first-order chi connectivity index (χ1) is 18.1. The molecule has 1 aliphatic heterocycles. The Hall–Kier alpha value is -2.72. The number of aryl methyl sites for hydroxylation is 1. The highest BCUT2D eigenvalue weighted by Gasteiger charge is 2.45. The molecule has 208 valence electrons. The number of carbonyl (C=O) groups excluding carboxylic acids is 2. The summed E-state index contributed by atoms with van der Waals surface area (Å²) in [5, 5.41) is 17.3. The third-order valence-corrected chi connectivity index (χ3v) is 8.28. The Balaban J connectivity index is 1.40. The van der Waals surface area contributed by atoms with Crippen molar-refractivity contribution in [1.29, 1.82) is 0 Å². The van der Waals surface area contributed by atoms with Crippen molar-refractivity contribution >= 4 is 34.3 Å². The molecule has 2 amide bonds. The van der Waals surface area contributed by atoms with Crippen LogP contribution in [-0.2, 0) is 9.53 Å². The molecule has 2 aromatic rings. The first-order valence-electron chi connectivity index (χ1n) is 13.7. The van der Waals surface area contributed by atoms with Crippen LogP contribution in [0.25, 0.3) is 0 Å². The molecule has 0 radical (unpaired) electrons. The van der Waals surface area contributed by atoms with Crippen molar-refractivity contribution < 1.29 is 19.4 Å². The fraction of sp³-hybridized carbons (Fsp3) is 0.643. The van der Waals surface area contributed by atoms with Crippen LogP contribution < -0.4 is 10.6 Å². The van der Waals surface area contributed by atoms with Gasteiger partial charge in [-0.1, -0.05) is 25.3 Å². The van der Waals surface area contributed by atoms with Crippen LogP contribution in [0.4, 0.5) is 15.7 Å². The summed E-state index contributed by atoms with van der Waals surface area (Å²) in [6.07, 6.45) is 6.96. The number of pyridine rings is 1. The Morgan fingerprint density at radius 1 is 1.21 bits per heavy atom. The average molecular weight is 544 g/mol. The Bertz CT molecular complexity index is 1100. The molecule has 1 aliphatic carbocycles. The number of anilines is 2.